The monoisotopic (exact) mass is 378 g/mol. The molecule has 1 aromatic heterocycles. The summed E-state index contributed by atoms with van der Waals surface area (Å²) >= 11 is 5.91. The van der Waals surface area contributed by atoms with E-state index in [9.17, 15) is 4.79 Å². The Bertz CT molecular complexity index is 1060. The van der Waals surface area contributed by atoms with Crippen LogP contribution in [0.25, 0.3) is 10.8 Å². The highest BCUT2D eigenvalue weighted by Crippen LogP contribution is 2.25. The number of benzene rings is 3. The Morgan fingerprint density at radius 1 is 1.04 bits per heavy atom. The lowest BCUT2D eigenvalue weighted by Crippen LogP contribution is -2.31. The number of nitrogens with zero attached hydrogens (tertiary/aromatic N) is 3. The maximum absolute atomic E-state index is 13.0. The molecule has 134 valence electrons. The van der Waals surface area contributed by atoms with Gasteiger partial charge < -0.3 is 10.1 Å². The van der Waals surface area contributed by atoms with E-state index >= 15 is 0 Å². The lowest BCUT2D eigenvalue weighted by molar-refractivity contribution is -0.127. The molecule has 0 aliphatic heterocycles. The molecule has 0 aliphatic rings. The van der Waals surface area contributed by atoms with Crippen molar-refractivity contribution in [3.05, 3.63) is 84.4 Å². The standard InChI is InChI=1S/C20H15ClN4O2/c21-15-8-10-16(11-9-15)27-20(25-13-22-12-23-25)19(26)24-18-7-3-5-14-4-1-2-6-17(14)18/h1-13,20H,(H,24,26). The molecule has 0 saturated carbocycles. The molecule has 1 unspecified atom stereocenters. The minimum atomic E-state index is -1.02. The topological polar surface area (TPSA) is 69.0 Å². The molecular weight excluding hydrogens is 364 g/mol. The van der Waals surface area contributed by atoms with Gasteiger partial charge in [0.1, 0.15) is 18.4 Å². The number of aromatic nitrogens is 3. The minimum Gasteiger partial charge on any atom is -0.459 e. The molecule has 1 amide bonds. The van der Waals surface area contributed by atoms with Crippen LogP contribution in [-0.2, 0) is 4.79 Å². The third-order valence-electron chi connectivity index (χ3n) is 4.01. The molecular formula is C20H15ClN4O2. The zero-order valence-corrected chi connectivity index (χ0v) is 14.9. The van der Waals surface area contributed by atoms with Gasteiger partial charge in [0.15, 0.2) is 0 Å². The Morgan fingerprint density at radius 3 is 2.59 bits per heavy atom. The Balaban J connectivity index is 1.63. The van der Waals surface area contributed by atoms with E-state index in [2.05, 4.69) is 15.4 Å². The van der Waals surface area contributed by atoms with Crippen molar-refractivity contribution in [2.24, 2.45) is 0 Å². The van der Waals surface area contributed by atoms with Crippen LogP contribution < -0.4 is 10.1 Å². The maximum atomic E-state index is 13.0. The molecule has 27 heavy (non-hydrogen) atoms. The van der Waals surface area contributed by atoms with Crippen molar-refractivity contribution >= 4 is 34.0 Å². The lowest BCUT2D eigenvalue weighted by Gasteiger charge is -2.19. The first kappa shape index (κ1) is 17.1. The molecule has 0 bridgehead atoms. The second kappa shape index (κ2) is 7.47. The van der Waals surface area contributed by atoms with Crippen LogP contribution in [0, 0.1) is 0 Å². The third-order valence-corrected chi connectivity index (χ3v) is 4.26. The van der Waals surface area contributed by atoms with Crippen LogP contribution in [0.3, 0.4) is 0 Å². The van der Waals surface area contributed by atoms with E-state index in [1.165, 1.54) is 17.3 Å². The Morgan fingerprint density at radius 2 is 1.81 bits per heavy atom. The van der Waals surface area contributed by atoms with Crippen LogP contribution in [-0.4, -0.2) is 20.7 Å². The summed E-state index contributed by atoms with van der Waals surface area (Å²) in [5, 5.41) is 9.53. The zero-order valence-electron chi connectivity index (χ0n) is 14.1. The molecule has 7 heteroatoms. The number of nitrogens with one attached hydrogen (secondary N) is 1. The summed E-state index contributed by atoms with van der Waals surface area (Å²) in [4.78, 5) is 16.9. The number of carbonyl (C=O) groups is 1. The number of carbonyl (C=O) groups excluding carboxylic acids is 1. The van der Waals surface area contributed by atoms with Gasteiger partial charge in [0, 0.05) is 16.1 Å². The van der Waals surface area contributed by atoms with Gasteiger partial charge in [0.05, 0.1) is 0 Å². The van der Waals surface area contributed by atoms with Crippen molar-refractivity contribution in [3.8, 4) is 5.75 Å². The second-order valence-corrected chi connectivity index (χ2v) is 6.25. The summed E-state index contributed by atoms with van der Waals surface area (Å²) in [5.74, 6) is 0.125. The smallest absolute Gasteiger partial charge is 0.289 e. The van der Waals surface area contributed by atoms with Gasteiger partial charge in [-0.1, -0.05) is 48.0 Å². The first-order chi connectivity index (χ1) is 13.2. The summed E-state index contributed by atoms with van der Waals surface area (Å²) in [6.07, 6.45) is 1.76. The minimum absolute atomic E-state index is 0.369. The van der Waals surface area contributed by atoms with Gasteiger partial charge in [-0.15, -0.1) is 0 Å². The van der Waals surface area contributed by atoms with Crippen LogP contribution in [0.5, 0.6) is 5.75 Å². The second-order valence-electron chi connectivity index (χ2n) is 5.82. The highest BCUT2D eigenvalue weighted by atomic mass is 35.5. The van der Waals surface area contributed by atoms with Crippen molar-refractivity contribution < 1.29 is 9.53 Å². The fourth-order valence-corrected chi connectivity index (χ4v) is 2.86. The SMILES string of the molecule is O=C(Nc1cccc2ccccc12)C(Oc1ccc(Cl)cc1)n1cncn1. The molecule has 4 aromatic rings. The van der Waals surface area contributed by atoms with Crippen LogP contribution in [0.2, 0.25) is 5.02 Å². The summed E-state index contributed by atoms with van der Waals surface area (Å²) < 4.78 is 7.21. The van der Waals surface area contributed by atoms with E-state index in [0.717, 1.165) is 10.8 Å². The quantitative estimate of drug-likeness (QED) is 0.562. The van der Waals surface area contributed by atoms with Crippen molar-refractivity contribution in [2.45, 2.75) is 6.23 Å². The van der Waals surface area contributed by atoms with E-state index in [0.29, 0.717) is 16.5 Å². The first-order valence-corrected chi connectivity index (χ1v) is 8.63. The summed E-state index contributed by atoms with van der Waals surface area (Å²) in [5.41, 5.74) is 0.697. The van der Waals surface area contributed by atoms with Crippen molar-refractivity contribution in [3.63, 3.8) is 0 Å². The number of fused-ring (bicyclic) bond motifs is 1. The number of hydrogen-bond donors (Lipinski definition) is 1. The molecule has 1 atom stereocenters. The summed E-state index contributed by atoms with van der Waals surface area (Å²) in [7, 11) is 0. The number of rotatable bonds is 5. The molecule has 1 N–H and O–H groups in total. The summed E-state index contributed by atoms with van der Waals surface area (Å²) in [6.45, 7) is 0. The van der Waals surface area contributed by atoms with Crippen LogP contribution in [0.1, 0.15) is 6.23 Å². The largest absolute Gasteiger partial charge is 0.459 e. The lowest BCUT2D eigenvalue weighted by atomic mass is 10.1. The van der Waals surface area contributed by atoms with E-state index in [1.54, 1.807) is 24.3 Å². The molecule has 4 rings (SSSR count). The average Bonchev–Trinajstić information content (AvgIpc) is 3.22. The molecule has 0 saturated heterocycles. The summed E-state index contributed by atoms with van der Waals surface area (Å²) in [6, 6.07) is 20.3. The third kappa shape index (κ3) is 3.75. The molecule has 0 radical (unpaired) electrons. The van der Waals surface area contributed by atoms with Crippen molar-refractivity contribution in [1.29, 1.82) is 0 Å². The van der Waals surface area contributed by atoms with Crippen molar-refractivity contribution in [2.75, 3.05) is 5.32 Å². The zero-order chi connectivity index (χ0) is 18.6. The van der Waals surface area contributed by atoms with E-state index in [-0.39, 0.29) is 5.91 Å². The molecule has 1 heterocycles. The van der Waals surface area contributed by atoms with Crippen LogP contribution >= 0.6 is 11.6 Å². The average molecular weight is 379 g/mol. The van der Waals surface area contributed by atoms with Crippen molar-refractivity contribution in [1.82, 2.24) is 14.8 Å². The predicted octanol–water partition coefficient (Wildman–Crippen LogP) is 4.30. The Kier molecular flexibility index (Phi) is 4.72. The molecule has 3 aromatic carbocycles. The van der Waals surface area contributed by atoms with Gasteiger partial charge >= 0.3 is 0 Å². The Labute approximate surface area is 160 Å². The van der Waals surface area contributed by atoms with Crippen LogP contribution in [0.4, 0.5) is 5.69 Å². The number of hydrogen-bond acceptors (Lipinski definition) is 4. The maximum Gasteiger partial charge on any atom is 0.289 e. The van der Waals surface area contributed by atoms with Gasteiger partial charge in [0.25, 0.3) is 12.1 Å². The van der Waals surface area contributed by atoms with Gasteiger partial charge in [0.2, 0.25) is 0 Å². The van der Waals surface area contributed by atoms with E-state index in [1.807, 2.05) is 42.5 Å². The Hall–Kier alpha value is -3.38. The number of amides is 1. The van der Waals surface area contributed by atoms with Gasteiger partial charge in [-0.05, 0) is 35.7 Å². The molecule has 0 spiro atoms. The van der Waals surface area contributed by atoms with Crippen LogP contribution in [0.15, 0.2) is 79.4 Å². The predicted molar refractivity (Wildman–Crippen MR) is 104 cm³/mol. The molecule has 6 nitrogen and oxygen atoms in total. The molecule has 0 aliphatic carbocycles. The van der Waals surface area contributed by atoms with Gasteiger partial charge in [-0.25, -0.2) is 9.67 Å². The highest BCUT2D eigenvalue weighted by Gasteiger charge is 2.24. The fourth-order valence-electron chi connectivity index (χ4n) is 2.74. The highest BCUT2D eigenvalue weighted by molar-refractivity contribution is 6.30. The fraction of sp³-hybridized carbons (Fsp3) is 0.0500. The first-order valence-electron chi connectivity index (χ1n) is 8.26. The van der Waals surface area contributed by atoms with Gasteiger partial charge in [-0.2, -0.15) is 5.10 Å². The van der Waals surface area contributed by atoms with E-state index in [4.69, 9.17) is 16.3 Å². The molecule has 0 fully saturated rings. The van der Waals surface area contributed by atoms with Gasteiger partial charge in [-0.3, -0.25) is 4.79 Å². The number of ether oxygens (including phenoxy) is 1. The number of anilines is 1. The number of halogens is 1. The van der Waals surface area contributed by atoms with E-state index < -0.39 is 6.23 Å². The normalized spacial score (nSPS) is 11.9.